The molecule has 1 aromatic rings. The number of aromatic hydroxyl groups is 1. The third-order valence-electron chi connectivity index (χ3n) is 2.95. The molecule has 1 aliphatic rings. The monoisotopic (exact) mass is 240 g/mol. The first-order valence-corrected chi connectivity index (χ1v) is 5.69. The van der Waals surface area contributed by atoms with Crippen molar-refractivity contribution in [3.05, 3.63) is 23.5 Å². The Hall–Kier alpha value is -1.33. The lowest BCUT2D eigenvalue weighted by molar-refractivity contribution is 0.229. The number of benzene rings is 1. The average Bonchev–Trinajstić information content (AvgIpc) is 2.35. The summed E-state index contributed by atoms with van der Waals surface area (Å²) in [5.41, 5.74) is 0.813. The average molecular weight is 240 g/mol. The van der Waals surface area contributed by atoms with Crippen LogP contribution in [0.25, 0.3) is 0 Å². The van der Waals surface area contributed by atoms with Crippen LogP contribution in [0.1, 0.15) is 5.56 Å². The molecule has 0 amide bonds. The fraction of sp³-hybridized carbons (Fsp3) is 0.500. The van der Waals surface area contributed by atoms with Gasteiger partial charge in [-0.15, -0.1) is 0 Å². The van der Waals surface area contributed by atoms with E-state index in [0.717, 1.165) is 31.7 Å². The van der Waals surface area contributed by atoms with Crippen molar-refractivity contribution in [2.24, 2.45) is 0 Å². The summed E-state index contributed by atoms with van der Waals surface area (Å²) in [5, 5.41) is 12.7. The Balaban J connectivity index is 2.15. The molecule has 0 aliphatic carbocycles. The summed E-state index contributed by atoms with van der Waals surface area (Å²) in [4.78, 5) is 2.24. The van der Waals surface area contributed by atoms with Crippen molar-refractivity contribution in [1.29, 1.82) is 0 Å². The highest BCUT2D eigenvalue weighted by Crippen LogP contribution is 2.27. The molecular formula is C12H17FN2O2. The molecule has 1 aromatic carbocycles. The van der Waals surface area contributed by atoms with Gasteiger partial charge in [0, 0.05) is 44.4 Å². The fourth-order valence-electron chi connectivity index (χ4n) is 2.01. The molecule has 2 N–H and O–H groups in total. The predicted octanol–water partition coefficient (Wildman–Crippen LogP) is 0.945. The number of piperazine rings is 1. The molecule has 1 saturated heterocycles. The Morgan fingerprint density at radius 2 is 2.12 bits per heavy atom. The number of phenols is 1. The number of ether oxygens (including phenoxy) is 1. The molecular weight excluding hydrogens is 223 g/mol. The topological polar surface area (TPSA) is 44.7 Å². The standard InChI is InChI=1S/C12H17FN2O2/c1-17-12-7-10(13)11(16)6-9(12)8-15-4-2-14-3-5-15/h6-7,14,16H,2-5,8H2,1H3. The van der Waals surface area contributed by atoms with Crippen LogP contribution in [0.15, 0.2) is 12.1 Å². The van der Waals surface area contributed by atoms with E-state index in [1.807, 2.05) is 0 Å². The molecule has 4 nitrogen and oxygen atoms in total. The summed E-state index contributed by atoms with van der Waals surface area (Å²) in [6.45, 7) is 4.46. The zero-order valence-electron chi connectivity index (χ0n) is 9.87. The van der Waals surface area contributed by atoms with E-state index in [9.17, 15) is 9.50 Å². The van der Waals surface area contributed by atoms with Crippen molar-refractivity contribution < 1.29 is 14.2 Å². The van der Waals surface area contributed by atoms with Crippen LogP contribution in [0.5, 0.6) is 11.5 Å². The first-order chi connectivity index (χ1) is 8.20. The maximum atomic E-state index is 13.2. The van der Waals surface area contributed by atoms with Gasteiger partial charge in [0.1, 0.15) is 5.75 Å². The number of rotatable bonds is 3. The fourth-order valence-corrected chi connectivity index (χ4v) is 2.01. The number of hydrogen-bond acceptors (Lipinski definition) is 4. The Bertz CT molecular complexity index is 392. The van der Waals surface area contributed by atoms with Crippen LogP contribution in [0, 0.1) is 5.82 Å². The molecule has 0 unspecified atom stereocenters. The highest BCUT2D eigenvalue weighted by Gasteiger charge is 2.15. The molecule has 2 rings (SSSR count). The van der Waals surface area contributed by atoms with Crippen molar-refractivity contribution in [3.63, 3.8) is 0 Å². The number of nitrogens with zero attached hydrogens (tertiary/aromatic N) is 1. The summed E-state index contributed by atoms with van der Waals surface area (Å²) < 4.78 is 18.3. The summed E-state index contributed by atoms with van der Waals surface area (Å²) in [6, 6.07) is 2.67. The van der Waals surface area contributed by atoms with Crippen molar-refractivity contribution in [2.45, 2.75) is 6.54 Å². The van der Waals surface area contributed by atoms with Crippen LogP contribution in [0.2, 0.25) is 0 Å². The molecule has 0 aromatic heterocycles. The molecule has 0 atom stereocenters. The van der Waals surface area contributed by atoms with Gasteiger partial charge in [-0.2, -0.15) is 0 Å². The normalized spacial score (nSPS) is 17.1. The van der Waals surface area contributed by atoms with E-state index in [2.05, 4.69) is 10.2 Å². The molecule has 0 bridgehead atoms. The van der Waals surface area contributed by atoms with E-state index < -0.39 is 5.82 Å². The summed E-state index contributed by atoms with van der Waals surface area (Å²) >= 11 is 0. The molecule has 5 heteroatoms. The van der Waals surface area contributed by atoms with Crippen LogP contribution in [0.4, 0.5) is 4.39 Å². The summed E-state index contributed by atoms with van der Waals surface area (Å²) in [7, 11) is 1.51. The first-order valence-electron chi connectivity index (χ1n) is 5.69. The van der Waals surface area contributed by atoms with Gasteiger partial charge in [-0.25, -0.2) is 4.39 Å². The van der Waals surface area contributed by atoms with Crippen LogP contribution < -0.4 is 10.1 Å². The lowest BCUT2D eigenvalue weighted by atomic mass is 10.1. The second-order valence-electron chi connectivity index (χ2n) is 4.14. The predicted molar refractivity (Wildman–Crippen MR) is 62.8 cm³/mol. The van der Waals surface area contributed by atoms with Gasteiger partial charge in [-0.3, -0.25) is 4.90 Å². The lowest BCUT2D eigenvalue weighted by Crippen LogP contribution is -2.42. The van der Waals surface area contributed by atoms with Gasteiger partial charge in [0.25, 0.3) is 0 Å². The second-order valence-corrected chi connectivity index (χ2v) is 4.14. The minimum atomic E-state index is -0.647. The van der Waals surface area contributed by atoms with Crippen molar-refractivity contribution >= 4 is 0 Å². The van der Waals surface area contributed by atoms with Gasteiger partial charge < -0.3 is 15.2 Å². The minimum absolute atomic E-state index is 0.323. The van der Waals surface area contributed by atoms with Gasteiger partial charge in [0.2, 0.25) is 0 Å². The number of methoxy groups -OCH3 is 1. The Kier molecular flexibility index (Phi) is 3.81. The van der Waals surface area contributed by atoms with E-state index in [0.29, 0.717) is 12.3 Å². The first kappa shape index (κ1) is 12.1. The molecule has 1 fully saturated rings. The van der Waals surface area contributed by atoms with Gasteiger partial charge in [0.15, 0.2) is 11.6 Å². The zero-order chi connectivity index (χ0) is 12.3. The second kappa shape index (κ2) is 5.33. The Morgan fingerprint density at radius 3 is 2.76 bits per heavy atom. The highest BCUT2D eigenvalue weighted by atomic mass is 19.1. The molecule has 1 aliphatic heterocycles. The smallest absolute Gasteiger partial charge is 0.168 e. The maximum absolute atomic E-state index is 13.2. The van der Waals surface area contributed by atoms with E-state index in [4.69, 9.17) is 4.74 Å². The van der Waals surface area contributed by atoms with E-state index >= 15 is 0 Å². The van der Waals surface area contributed by atoms with E-state index in [1.165, 1.54) is 19.2 Å². The molecule has 0 radical (unpaired) electrons. The van der Waals surface area contributed by atoms with Crippen molar-refractivity contribution in [1.82, 2.24) is 10.2 Å². The third-order valence-corrected chi connectivity index (χ3v) is 2.95. The van der Waals surface area contributed by atoms with Gasteiger partial charge in [-0.05, 0) is 6.07 Å². The van der Waals surface area contributed by atoms with Crippen LogP contribution in [-0.2, 0) is 6.54 Å². The SMILES string of the molecule is COc1cc(F)c(O)cc1CN1CCNCC1. The summed E-state index contributed by atoms with van der Waals surface area (Å²) in [5.74, 6) is -0.485. The van der Waals surface area contributed by atoms with E-state index in [-0.39, 0.29) is 5.75 Å². The number of phenolic OH excluding ortho intramolecular Hbond substituents is 1. The quantitative estimate of drug-likeness (QED) is 0.825. The van der Waals surface area contributed by atoms with Crippen molar-refractivity contribution in [3.8, 4) is 11.5 Å². The van der Waals surface area contributed by atoms with Crippen LogP contribution in [-0.4, -0.2) is 43.3 Å². The van der Waals surface area contributed by atoms with Crippen LogP contribution >= 0.6 is 0 Å². The lowest BCUT2D eigenvalue weighted by Gasteiger charge is -2.27. The number of hydrogen-bond donors (Lipinski definition) is 2. The largest absolute Gasteiger partial charge is 0.505 e. The molecule has 1 heterocycles. The maximum Gasteiger partial charge on any atom is 0.168 e. The third kappa shape index (κ3) is 2.87. The molecule has 94 valence electrons. The highest BCUT2D eigenvalue weighted by molar-refractivity contribution is 5.40. The number of nitrogens with one attached hydrogen (secondary N) is 1. The van der Waals surface area contributed by atoms with Crippen LogP contribution in [0.3, 0.4) is 0 Å². The molecule has 0 spiro atoms. The van der Waals surface area contributed by atoms with Gasteiger partial charge in [-0.1, -0.05) is 0 Å². The van der Waals surface area contributed by atoms with E-state index in [1.54, 1.807) is 0 Å². The van der Waals surface area contributed by atoms with Gasteiger partial charge in [0.05, 0.1) is 7.11 Å². The Labute approximate surface area is 100.0 Å². The minimum Gasteiger partial charge on any atom is -0.505 e. The molecule has 0 saturated carbocycles. The van der Waals surface area contributed by atoms with Crippen molar-refractivity contribution in [2.75, 3.05) is 33.3 Å². The Morgan fingerprint density at radius 1 is 1.41 bits per heavy atom. The molecule has 17 heavy (non-hydrogen) atoms. The van der Waals surface area contributed by atoms with Gasteiger partial charge >= 0.3 is 0 Å². The number of halogens is 1. The zero-order valence-corrected chi connectivity index (χ0v) is 9.87. The summed E-state index contributed by atoms with van der Waals surface area (Å²) in [6.07, 6.45) is 0.